The van der Waals surface area contributed by atoms with E-state index in [0.717, 1.165) is 0 Å². The molecular weight excluding hydrogens is 305 g/mol. The minimum Gasteiger partial charge on any atom is -0.398 e. The van der Waals surface area contributed by atoms with Crippen molar-refractivity contribution < 1.29 is 21.6 Å². The SMILES string of the molecule is Nc1cc(Cl)ccc1S(=O)(=O)NCCCC(F)(F)F. The number of hydrogen-bond donors (Lipinski definition) is 2. The summed E-state index contributed by atoms with van der Waals surface area (Å²) in [6, 6.07) is 3.79. The fourth-order valence-corrected chi connectivity index (χ4v) is 2.70. The molecule has 0 saturated heterocycles. The first-order valence-electron chi connectivity index (χ1n) is 5.23. The first-order valence-corrected chi connectivity index (χ1v) is 7.09. The Morgan fingerprint density at radius 3 is 2.47 bits per heavy atom. The molecule has 108 valence electrons. The summed E-state index contributed by atoms with van der Waals surface area (Å²) in [7, 11) is -3.93. The maximum absolute atomic E-state index is 11.9. The summed E-state index contributed by atoms with van der Waals surface area (Å²) in [6.45, 7) is -0.316. The highest BCUT2D eigenvalue weighted by Crippen LogP contribution is 2.23. The van der Waals surface area contributed by atoms with Crippen LogP contribution in [0.3, 0.4) is 0 Å². The van der Waals surface area contributed by atoms with Gasteiger partial charge in [-0.05, 0) is 24.6 Å². The van der Waals surface area contributed by atoms with Crippen LogP contribution in [-0.4, -0.2) is 21.1 Å². The van der Waals surface area contributed by atoms with E-state index >= 15 is 0 Å². The highest BCUT2D eigenvalue weighted by molar-refractivity contribution is 7.89. The standard InChI is InChI=1S/C10H12ClF3N2O2S/c11-7-2-3-9(8(15)6-7)19(17,18)16-5-1-4-10(12,13)14/h2-3,6,16H,1,4-5,15H2. The third kappa shape index (κ3) is 5.25. The van der Waals surface area contributed by atoms with E-state index < -0.39 is 22.6 Å². The van der Waals surface area contributed by atoms with Crippen LogP contribution >= 0.6 is 11.6 Å². The summed E-state index contributed by atoms with van der Waals surface area (Å²) in [6.07, 6.45) is -5.69. The molecule has 9 heteroatoms. The lowest BCUT2D eigenvalue weighted by Gasteiger charge is -2.10. The van der Waals surface area contributed by atoms with E-state index in [1.54, 1.807) is 0 Å². The Hall–Kier alpha value is -0.990. The van der Waals surface area contributed by atoms with Gasteiger partial charge < -0.3 is 5.73 Å². The summed E-state index contributed by atoms with van der Waals surface area (Å²) in [5.41, 5.74) is 5.44. The van der Waals surface area contributed by atoms with Crippen molar-refractivity contribution in [1.82, 2.24) is 4.72 Å². The number of hydrogen-bond acceptors (Lipinski definition) is 3. The van der Waals surface area contributed by atoms with E-state index in [1.807, 2.05) is 0 Å². The number of rotatable bonds is 5. The van der Waals surface area contributed by atoms with Crippen LogP contribution in [0.1, 0.15) is 12.8 Å². The van der Waals surface area contributed by atoms with Crippen LogP contribution in [0.25, 0.3) is 0 Å². The molecule has 0 aliphatic heterocycles. The Balaban J connectivity index is 2.66. The van der Waals surface area contributed by atoms with Gasteiger partial charge in [0.1, 0.15) is 4.90 Å². The first-order chi connectivity index (χ1) is 8.62. The zero-order valence-electron chi connectivity index (χ0n) is 9.67. The van der Waals surface area contributed by atoms with Crippen molar-refractivity contribution >= 4 is 27.3 Å². The van der Waals surface area contributed by atoms with Gasteiger partial charge in [-0.15, -0.1) is 0 Å². The van der Waals surface area contributed by atoms with Gasteiger partial charge in [-0.1, -0.05) is 11.6 Å². The van der Waals surface area contributed by atoms with Gasteiger partial charge in [-0.2, -0.15) is 13.2 Å². The number of nitrogens with two attached hydrogens (primary N) is 1. The van der Waals surface area contributed by atoms with Crippen molar-refractivity contribution in [3.8, 4) is 0 Å². The quantitative estimate of drug-likeness (QED) is 0.647. The number of benzene rings is 1. The minimum atomic E-state index is -4.30. The topological polar surface area (TPSA) is 72.2 Å². The smallest absolute Gasteiger partial charge is 0.389 e. The molecule has 0 aromatic heterocycles. The summed E-state index contributed by atoms with van der Waals surface area (Å²) in [5.74, 6) is 0. The highest BCUT2D eigenvalue weighted by atomic mass is 35.5. The van der Waals surface area contributed by atoms with Crippen molar-refractivity contribution in [3.63, 3.8) is 0 Å². The molecule has 1 rings (SSSR count). The van der Waals surface area contributed by atoms with Crippen LogP contribution in [0, 0.1) is 0 Å². The summed E-state index contributed by atoms with van der Waals surface area (Å²) < 4.78 is 61.3. The average molecular weight is 317 g/mol. The van der Waals surface area contributed by atoms with E-state index in [1.165, 1.54) is 18.2 Å². The number of sulfonamides is 1. The number of halogens is 4. The molecule has 1 aromatic carbocycles. The first kappa shape index (κ1) is 16.1. The molecule has 0 aliphatic rings. The summed E-state index contributed by atoms with van der Waals surface area (Å²) >= 11 is 5.62. The third-order valence-electron chi connectivity index (χ3n) is 2.19. The minimum absolute atomic E-state index is 0.0594. The number of alkyl halides is 3. The summed E-state index contributed by atoms with van der Waals surface area (Å²) in [4.78, 5) is -0.205. The second-order valence-electron chi connectivity index (χ2n) is 3.80. The van der Waals surface area contributed by atoms with E-state index in [0.29, 0.717) is 0 Å². The molecule has 0 saturated carbocycles. The zero-order chi connectivity index (χ0) is 14.7. The van der Waals surface area contributed by atoms with Crippen molar-refractivity contribution in [1.29, 1.82) is 0 Å². The molecule has 0 aliphatic carbocycles. The van der Waals surface area contributed by atoms with E-state index in [-0.39, 0.29) is 28.6 Å². The van der Waals surface area contributed by atoms with Crippen LogP contribution in [0.15, 0.2) is 23.1 Å². The lowest BCUT2D eigenvalue weighted by atomic mass is 10.3. The van der Waals surface area contributed by atoms with Gasteiger partial charge in [0.15, 0.2) is 0 Å². The van der Waals surface area contributed by atoms with Crippen LogP contribution in [0.5, 0.6) is 0 Å². The van der Waals surface area contributed by atoms with E-state index in [9.17, 15) is 21.6 Å². The molecular formula is C10H12ClF3N2O2S. The number of nitrogen functional groups attached to an aromatic ring is 1. The molecule has 0 heterocycles. The van der Waals surface area contributed by atoms with Crippen LogP contribution < -0.4 is 10.5 Å². The number of nitrogens with one attached hydrogen (secondary N) is 1. The largest absolute Gasteiger partial charge is 0.398 e. The molecule has 1 aromatic rings. The predicted octanol–water partition coefficient (Wildman–Crippen LogP) is 2.54. The molecule has 0 spiro atoms. The van der Waals surface area contributed by atoms with Gasteiger partial charge in [0.2, 0.25) is 10.0 Å². The molecule has 0 atom stereocenters. The number of anilines is 1. The third-order valence-corrected chi connectivity index (χ3v) is 3.96. The summed E-state index contributed by atoms with van der Waals surface area (Å²) in [5, 5.41) is 0.272. The maximum atomic E-state index is 11.9. The van der Waals surface area contributed by atoms with Crippen LogP contribution in [0.2, 0.25) is 5.02 Å². The van der Waals surface area contributed by atoms with Gasteiger partial charge >= 0.3 is 6.18 Å². The van der Waals surface area contributed by atoms with Crippen molar-refractivity contribution in [2.24, 2.45) is 0 Å². The lowest BCUT2D eigenvalue weighted by molar-refractivity contribution is -0.135. The Labute approximate surface area is 113 Å². The molecule has 19 heavy (non-hydrogen) atoms. The monoisotopic (exact) mass is 316 g/mol. The Morgan fingerprint density at radius 1 is 1.32 bits per heavy atom. The van der Waals surface area contributed by atoms with Crippen molar-refractivity contribution in [2.45, 2.75) is 23.9 Å². The van der Waals surface area contributed by atoms with Gasteiger partial charge in [0.05, 0.1) is 5.69 Å². The second-order valence-corrected chi connectivity index (χ2v) is 5.97. The zero-order valence-corrected chi connectivity index (χ0v) is 11.2. The average Bonchev–Trinajstić information content (AvgIpc) is 2.22. The normalized spacial score (nSPS) is 12.6. The second kappa shape index (κ2) is 5.98. The maximum Gasteiger partial charge on any atom is 0.389 e. The Morgan fingerprint density at radius 2 is 1.95 bits per heavy atom. The lowest BCUT2D eigenvalue weighted by Crippen LogP contribution is -2.26. The van der Waals surface area contributed by atoms with Crippen molar-refractivity contribution in [2.75, 3.05) is 12.3 Å². The van der Waals surface area contributed by atoms with E-state index in [2.05, 4.69) is 4.72 Å². The van der Waals surface area contributed by atoms with Gasteiger partial charge in [0.25, 0.3) is 0 Å². The van der Waals surface area contributed by atoms with E-state index in [4.69, 9.17) is 17.3 Å². The molecule has 0 bridgehead atoms. The van der Waals surface area contributed by atoms with Crippen molar-refractivity contribution in [3.05, 3.63) is 23.2 Å². The fourth-order valence-electron chi connectivity index (χ4n) is 1.34. The van der Waals surface area contributed by atoms with Gasteiger partial charge in [-0.25, -0.2) is 13.1 Å². The molecule has 0 radical (unpaired) electrons. The molecule has 0 unspecified atom stereocenters. The molecule has 3 N–H and O–H groups in total. The molecule has 0 amide bonds. The van der Waals surface area contributed by atoms with Gasteiger partial charge in [0, 0.05) is 18.0 Å². The molecule has 0 fully saturated rings. The fraction of sp³-hybridized carbons (Fsp3) is 0.400. The van der Waals surface area contributed by atoms with Crippen LogP contribution in [-0.2, 0) is 10.0 Å². The Kier molecular flexibility index (Phi) is 5.05. The Bertz CT molecular complexity index is 546. The van der Waals surface area contributed by atoms with Gasteiger partial charge in [-0.3, -0.25) is 0 Å². The predicted molar refractivity (Wildman–Crippen MR) is 66.3 cm³/mol. The molecule has 4 nitrogen and oxygen atoms in total. The highest BCUT2D eigenvalue weighted by Gasteiger charge is 2.26. The van der Waals surface area contributed by atoms with Crippen LogP contribution in [0.4, 0.5) is 18.9 Å².